The summed E-state index contributed by atoms with van der Waals surface area (Å²) in [6.45, 7) is 6.53. The van der Waals surface area contributed by atoms with Gasteiger partial charge in [0.25, 0.3) is 0 Å². The Balaban J connectivity index is 4.11. The second kappa shape index (κ2) is 66.8. The van der Waals surface area contributed by atoms with Crippen molar-refractivity contribution in [2.45, 2.75) is 335 Å². The van der Waals surface area contributed by atoms with Crippen LogP contribution in [0.1, 0.15) is 329 Å². The van der Waals surface area contributed by atoms with Crippen LogP contribution >= 0.6 is 0 Å². The van der Waals surface area contributed by atoms with E-state index in [-0.39, 0.29) is 31.1 Å². The van der Waals surface area contributed by atoms with Gasteiger partial charge in [0.05, 0.1) is 0 Å². The third-order valence-electron chi connectivity index (χ3n) is 14.6. The molecule has 454 valence electrons. The largest absolute Gasteiger partial charge is 0.462 e. The molecule has 0 amide bonds. The highest BCUT2D eigenvalue weighted by Crippen LogP contribution is 2.17. The monoisotopic (exact) mass is 1100 g/mol. The van der Waals surface area contributed by atoms with Gasteiger partial charge < -0.3 is 14.2 Å². The first kappa shape index (κ1) is 75.3. The normalized spacial score (nSPS) is 12.7. The maximum absolute atomic E-state index is 12.9. The molecule has 79 heavy (non-hydrogen) atoms. The lowest BCUT2D eigenvalue weighted by molar-refractivity contribution is -0.167. The van der Waals surface area contributed by atoms with Gasteiger partial charge in [-0.1, -0.05) is 323 Å². The van der Waals surface area contributed by atoms with E-state index in [1.807, 2.05) is 0 Å². The van der Waals surface area contributed by atoms with Gasteiger partial charge in [0.2, 0.25) is 0 Å². The van der Waals surface area contributed by atoms with Gasteiger partial charge in [0.1, 0.15) is 13.2 Å². The van der Waals surface area contributed by atoms with E-state index in [0.717, 1.165) is 109 Å². The van der Waals surface area contributed by atoms with E-state index in [1.54, 1.807) is 0 Å². The Morgan fingerprint density at radius 2 is 0.494 bits per heavy atom. The summed E-state index contributed by atoms with van der Waals surface area (Å²) in [4.78, 5) is 38.2. The topological polar surface area (TPSA) is 78.9 Å². The molecule has 0 saturated carbocycles. The molecule has 0 aliphatic carbocycles. The summed E-state index contributed by atoms with van der Waals surface area (Å²) in [5, 5.41) is 0. The number of allylic oxidation sites excluding steroid dienone is 16. The fourth-order valence-corrected chi connectivity index (χ4v) is 9.58. The SMILES string of the molecule is CC/C=C\C/C=C\C/C=C\C/C=C\C/C=C\C/C=C\C/C=C\C/C=C\CCCCCCCCCCCCC(=O)OCC(COC(=O)CCCCCCCCCC)OC(=O)CCCCCCCCCCCCCCCCCCCC. The van der Waals surface area contributed by atoms with Crippen molar-refractivity contribution >= 4 is 17.9 Å². The first-order chi connectivity index (χ1) is 39.0. The van der Waals surface area contributed by atoms with Gasteiger partial charge in [0, 0.05) is 19.3 Å². The number of hydrogen-bond acceptors (Lipinski definition) is 6. The van der Waals surface area contributed by atoms with E-state index in [0.29, 0.717) is 19.3 Å². The van der Waals surface area contributed by atoms with E-state index in [9.17, 15) is 14.4 Å². The molecule has 0 saturated heterocycles. The first-order valence-corrected chi connectivity index (χ1v) is 33.7. The van der Waals surface area contributed by atoms with Crippen molar-refractivity contribution in [3.63, 3.8) is 0 Å². The third-order valence-corrected chi connectivity index (χ3v) is 14.6. The van der Waals surface area contributed by atoms with Crippen LogP contribution in [0.15, 0.2) is 97.2 Å². The van der Waals surface area contributed by atoms with Gasteiger partial charge in [0.15, 0.2) is 6.10 Å². The van der Waals surface area contributed by atoms with E-state index in [2.05, 4.69) is 118 Å². The molecule has 6 nitrogen and oxygen atoms in total. The smallest absolute Gasteiger partial charge is 0.306 e. The predicted molar refractivity (Wildman–Crippen MR) is 344 cm³/mol. The molecule has 0 spiro atoms. The standard InChI is InChI=1S/C73H126O6/c1-4-7-10-13-16-19-21-23-25-27-29-30-31-32-33-34-35-36-37-38-39-40-41-42-43-44-45-47-48-50-52-54-57-60-63-66-72(75)78-69-70(68-77-71(74)65-62-59-56-18-15-12-9-6-3)79-73(76)67-64-61-58-55-53-51-49-46-28-26-24-22-20-17-14-11-8-5-2/h7,10,16,19,23,25,29-30,32-33,35-36,38-39,41-42,70H,4-6,8-9,11-15,17-18,20-22,24,26-28,31,34,37,40,43-69H2,1-3H3/b10-7-,19-16-,25-23-,30-29-,33-32-,36-35-,39-38-,42-41-. The fraction of sp³-hybridized carbons (Fsp3) is 0.740. The zero-order chi connectivity index (χ0) is 57.1. The van der Waals surface area contributed by atoms with Crippen molar-refractivity contribution in [1.29, 1.82) is 0 Å². The Kier molecular flexibility index (Phi) is 63.7. The van der Waals surface area contributed by atoms with Crippen molar-refractivity contribution in [3.8, 4) is 0 Å². The minimum atomic E-state index is -0.774. The van der Waals surface area contributed by atoms with E-state index >= 15 is 0 Å². The van der Waals surface area contributed by atoms with Gasteiger partial charge in [-0.2, -0.15) is 0 Å². The lowest BCUT2D eigenvalue weighted by Gasteiger charge is -2.18. The highest BCUT2D eigenvalue weighted by Gasteiger charge is 2.19. The second-order valence-corrected chi connectivity index (χ2v) is 22.4. The predicted octanol–water partition coefficient (Wildman–Crippen LogP) is 23.2. The maximum atomic E-state index is 12.9. The molecule has 0 radical (unpaired) electrons. The summed E-state index contributed by atoms with van der Waals surface area (Å²) in [7, 11) is 0. The highest BCUT2D eigenvalue weighted by atomic mass is 16.6. The third kappa shape index (κ3) is 65.0. The Morgan fingerprint density at radius 1 is 0.266 bits per heavy atom. The molecular formula is C73H126O6. The summed E-state index contributed by atoms with van der Waals surface area (Å²) in [6.07, 6.45) is 90.1. The maximum Gasteiger partial charge on any atom is 0.306 e. The van der Waals surface area contributed by atoms with Gasteiger partial charge in [-0.05, 0) is 83.5 Å². The zero-order valence-electron chi connectivity index (χ0n) is 52.1. The molecule has 0 aliphatic rings. The van der Waals surface area contributed by atoms with Crippen LogP contribution in [0.3, 0.4) is 0 Å². The number of unbranched alkanes of at least 4 members (excludes halogenated alkanes) is 34. The fourth-order valence-electron chi connectivity index (χ4n) is 9.58. The number of carbonyl (C=O) groups excluding carboxylic acids is 3. The van der Waals surface area contributed by atoms with Gasteiger partial charge in [-0.3, -0.25) is 14.4 Å². The first-order valence-electron chi connectivity index (χ1n) is 33.7. The lowest BCUT2D eigenvalue weighted by Crippen LogP contribution is -2.30. The van der Waals surface area contributed by atoms with Crippen molar-refractivity contribution < 1.29 is 28.6 Å². The molecule has 0 N–H and O–H groups in total. The van der Waals surface area contributed by atoms with Crippen LogP contribution < -0.4 is 0 Å². The molecule has 0 fully saturated rings. The summed E-state index contributed by atoms with van der Waals surface area (Å²) < 4.78 is 16.9. The molecule has 1 atom stereocenters. The molecule has 0 aromatic rings. The van der Waals surface area contributed by atoms with Crippen molar-refractivity contribution in [3.05, 3.63) is 97.2 Å². The summed E-state index contributed by atoms with van der Waals surface area (Å²) in [5.74, 6) is -0.868. The molecule has 6 heteroatoms. The van der Waals surface area contributed by atoms with Gasteiger partial charge >= 0.3 is 17.9 Å². The number of esters is 3. The van der Waals surface area contributed by atoms with Crippen LogP contribution in [0.2, 0.25) is 0 Å². The molecular weight excluding hydrogens is 973 g/mol. The molecule has 0 aliphatic heterocycles. The van der Waals surface area contributed by atoms with E-state index in [4.69, 9.17) is 14.2 Å². The quantitative estimate of drug-likeness (QED) is 0.0261. The summed E-state index contributed by atoms with van der Waals surface area (Å²) >= 11 is 0. The van der Waals surface area contributed by atoms with E-state index in [1.165, 1.54) is 180 Å². The molecule has 1 unspecified atom stereocenters. The van der Waals surface area contributed by atoms with Crippen molar-refractivity contribution in [1.82, 2.24) is 0 Å². The van der Waals surface area contributed by atoms with Crippen LogP contribution in [0.4, 0.5) is 0 Å². The van der Waals surface area contributed by atoms with Crippen LogP contribution in [0.25, 0.3) is 0 Å². The van der Waals surface area contributed by atoms with E-state index < -0.39 is 6.10 Å². The number of carbonyl (C=O) groups is 3. The van der Waals surface area contributed by atoms with Crippen LogP contribution in [-0.4, -0.2) is 37.2 Å². The Labute approximate surface area is 489 Å². The second-order valence-electron chi connectivity index (χ2n) is 22.4. The molecule has 0 bridgehead atoms. The average Bonchev–Trinajstić information content (AvgIpc) is 3.45. The Bertz CT molecular complexity index is 1540. The molecule has 0 aromatic heterocycles. The average molecular weight is 1100 g/mol. The number of rotatable bonds is 61. The Morgan fingerprint density at radius 3 is 0.772 bits per heavy atom. The van der Waals surface area contributed by atoms with Crippen molar-refractivity contribution in [2.24, 2.45) is 0 Å². The minimum Gasteiger partial charge on any atom is -0.462 e. The zero-order valence-corrected chi connectivity index (χ0v) is 52.1. The van der Waals surface area contributed by atoms with Crippen molar-refractivity contribution in [2.75, 3.05) is 13.2 Å². The number of ether oxygens (including phenoxy) is 3. The van der Waals surface area contributed by atoms with Gasteiger partial charge in [-0.15, -0.1) is 0 Å². The lowest BCUT2D eigenvalue weighted by atomic mass is 10.0. The van der Waals surface area contributed by atoms with Crippen LogP contribution in [0.5, 0.6) is 0 Å². The molecule has 0 aromatic carbocycles. The van der Waals surface area contributed by atoms with Crippen LogP contribution in [0, 0.1) is 0 Å². The summed E-state index contributed by atoms with van der Waals surface area (Å²) in [5.41, 5.74) is 0. The number of hydrogen-bond donors (Lipinski definition) is 0. The molecule has 0 rings (SSSR count). The van der Waals surface area contributed by atoms with Gasteiger partial charge in [-0.25, -0.2) is 0 Å². The Hall–Kier alpha value is -3.67. The highest BCUT2D eigenvalue weighted by molar-refractivity contribution is 5.71. The molecule has 0 heterocycles. The minimum absolute atomic E-state index is 0.0732. The summed E-state index contributed by atoms with van der Waals surface area (Å²) in [6, 6.07) is 0. The van der Waals surface area contributed by atoms with Crippen LogP contribution in [-0.2, 0) is 28.6 Å².